The third-order valence-corrected chi connectivity index (χ3v) is 4.25. The molecule has 0 radical (unpaired) electrons. The van der Waals surface area contributed by atoms with Crippen LogP contribution in [0.3, 0.4) is 0 Å². The predicted octanol–water partition coefficient (Wildman–Crippen LogP) is 3.79. The van der Waals surface area contributed by atoms with Crippen LogP contribution in [-0.4, -0.2) is 15.7 Å². The summed E-state index contributed by atoms with van der Waals surface area (Å²) in [4.78, 5) is 12.4. The Bertz CT molecular complexity index is 602. The zero-order valence-corrected chi connectivity index (χ0v) is 14.0. The van der Waals surface area contributed by atoms with Crippen LogP contribution in [-0.2, 0) is 7.05 Å². The van der Waals surface area contributed by atoms with E-state index in [-0.39, 0.29) is 5.91 Å². The van der Waals surface area contributed by atoms with Gasteiger partial charge in [-0.3, -0.25) is 9.48 Å². The van der Waals surface area contributed by atoms with Gasteiger partial charge in [-0.15, -0.1) is 0 Å². The number of hydrogen-bond donors (Lipinski definition) is 1. The SMILES string of the molecule is CC[C@H](C)c1ccccc1NC(=O)c1c(I)cnn1C. The van der Waals surface area contributed by atoms with Gasteiger partial charge >= 0.3 is 0 Å². The Kier molecular flexibility index (Phi) is 4.80. The summed E-state index contributed by atoms with van der Waals surface area (Å²) in [6.07, 6.45) is 2.73. The number of nitrogens with one attached hydrogen (secondary N) is 1. The van der Waals surface area contributed by atoms with Crippen LogP contribution in [0.15, 0.2) is 30.5 Å². The Morgan fingerprint density at radius 2 is 2.15 bits per heavy atom. The van der Waals surface area contributed by atoms with Crippen LogP contribution in [0.4, 0.5) is 5.69 Å². The Morgan fingerprint density at radius 3 is 2.75 bits per heavy atom. The molecule has 0 saturated carbocycles. The number of hydrogen-bond acceptors (Lipinski definition) is 2. The van der Waals surface area contributed by atoms with Gasteiger partial charge in [0.2, 0.25) is 0 Å². The zero-order chi connectivity index (χ0) is 14.7. The first-order valence-electron chi connectivity index (χ1n) is 6.62. The summed E-state index contributed by atoms with van der Waals surface area (Å²) in [5, 5.41) is 7.11. The number of benzene rings is 1. The van der Waals surface area contributed by atoms with E-state index in [4.69, 9.17) is 0 Å². The molecular formula is C15H18IN3O. The summed E-state index contributed by atoms with van der Waals surface area (Å²) >= 11 is 2.12. The smallest absolute Gasteiger partial charge is 0.275 e. The van der Waals surface area contributed by atoms with E-state index in [0.717, 1.165) is 15.7 Å². The van der Waals surface area contributed by atoms with Crippen LogP contribution in [0.5, 0.6) is 0 Å². The molecule has 5 heteroatoms. The fourth-order valence-electron chi connectivity index (χ4n) is 2.11. The first kappa shape index (κ1) is 15.0. The largest absolute Gasteiger partial charge is 0.320 e. The highest BCUT2D eigenvalue weighted by molar-refractivity contribution is 14.1. The summed E-state index contributed by atoms with van der Waals surface area (Å²) in [6.45, 7) is 4.31. The average molecular weight is 383 g/mol. The van der Waals surface area contributed by atoms with Gasteiger partial charge in [-0.05, 0) is 46.6 Å². The summed E-state index contributed by atoms with van der Waals surface area (Å²) < 4.78 is 2.45. The molecule has 0 aliphatic heterocycles. The predicted molar refractivity (Wildman–Crippen MR) is 89.0 cm³/mol. The van der Waals surface area contributed by atoms with Crippen molar-refractivity contribution in [1.29, 1.82) is 0 Å². The lowest BCUT2D eigenvalue weighted by Gasteiger charge is -2.15. The maximum atomic E-state index is 12.4. The first-order valence-corrected chi connectivity index (χ1v) is 7.70. The van der Waals surface area contributed by atoms with Crippen molar-refractivity contribution in [2.45, 2.75) is 26.2 Å². The van der Waals surface area contributed by atoms with Gasteiger partial charge in [0.1, 0.15) is 5.69 Å². The second-order valence-electron chi connectivity index (χ2n) is 4.82. The number of rotatable bonds is 4. The highest BCUT2D eigenvalue weighted by Crippen LogP contribution is 2.27. The van der Waals surface area contributed by atoms with Crippen LogP contribution in [0, 0.1) is 3.57 Å². The minimum absolute atomic E-state index is 0.120. The number of para-hydroxylation sites is 1. The molecule has 2 aromatic rings. The van der Waals surface area contributed by atoms with Gasteiger partial charge in [0, 0.05) is 12.7 Å². The number of halogens is 1. The topological polar surface area (TPSA) is 46.9 Å². The van der Waals surface area contributed by atoms with E-state index in [0.29, 0.717) is 11.6 Å². The lowest BCUT2D eigenvalue weighted by molar-refractivity contribution is 0.101. The van der Waals surface area contributed by atoms with E-state index < -0.39 is 0 Å². The molecule has 2 rings (SSSR count). The monoisotopic (exact) mass is 383 g/mol. The van der Waals surface area contributed by atoms with Gasteiger partial charge in [-0.1, -0.05) is 32.0 Å². The molecule has 0 aliphatic rings. The lowest BCUT2D eigenvalue weighted by atomic mass is 9.97. The maximum Gasteiger partial charge on any atom is 0.275 e. The van der Waals surface area contributed by atoms with Crippen molar-refractivity contribution >= 4 is 34.2 Å². The third-order valence-electron chi connectivity index (χ3n) is 3.46. The van der Waals surface area contributed by atoms with Crippen molar-refractivity contribution in [3.05, 3.63) is 45.3 Å². The minimum atomic E-state index is -0.120. The average Bonchev–Trinajstić information content (AvgIpc) is 2.78. The number of aryl methyl sites for hydroxylation is 1. The Hall–Kier alpha value is -1.37. The number of nitrogens with zero attached hydrogens (tertiary/aromatic N) is 2. The van der Waals surface area contributed by atoms with Crippen molar-refractivity contribution in [1.82, 2.24) is 9.78 Å². The highest BCUT2D eigenvalue weighted by atomic mass is 127. The maximum absolute atomic E-state index is 12.4. The quantitative estimate of drug-likeness (QED) is 0.817. The summed E-state index contributed by atoms with van der Waals surface area (Å²) in [7, 11) is 1.78. The molecular weight excluding hydrogens is 365 g/mol. The zero-order valence-electron chi connectivity index (χ0n) is 11.9. The molecule has 0 unspecified atom stereocenters. The Morgan fingerprint density at radius 1 is 1.45 bits per heavy atom. The van der Waals surface area contributed by atoms with Crippen LogP contribution in [0.2, 0.25) is 0 Å². The fraction of sp³-hybridized carbons (Fsp3) is 0.333. The van der Waals surface area contributed by atoms with E-state index in [9.17, 15) is 4.79 Å². The molecule has 0 spiro atoms. The molecule has 0 bridgehead atoms. The molecule has 20 heavy (non-hydrogen) atoms. The van der Waals surface area contributed by atoms with Crippen molar-refractivity contribution < 1.29 is 4.79 Å². The van der Waals surface area contributed by atoms with E-state index in [1.54, 1.807) is 17.9 Å². The van der Waals surface area contributed by atoms with Crippen molar-refractivity contribution in [2.75, 3.05) is 5.32 Å². The van der Waals surface area contributed by atoms with Gasteiger partial charge in [-0.25, -0.2) is 0 Å². The molecule has 4 nitrogen and oxygen atoms in total. The van der Waals surface area contributed by atoms with E-state index >= 15 is 0 Å². The van der Waals surface area contributed by atoms with Gasteiger partial charge in [0.25, 0.3) is 5.91 Å². The Labute approximate surface area is 132 Å². The minimum Gasteiger partial charge on any atom is -0.320 e. The van der Waals surface area contributed by atoms with Gasteiger partial charge in [0.05, 0.1) is 9.77 Å². The van der Waals surface area contributed by atoms with Gasteiger partial charge in [-0.2, -0.15) is 5.10 Å². The van der Waals surface area contributed by atoms with E-state index in [1.807, 2.05) is 18.2 Å². The molecule has 106 valence electrons. The Balaban J connectivity index is 2.29. The van der Waals surface area contributed by atoms with Crippen LogP contribution in [0.1, 0.15) is 42.2 Å². The third kappa shape index (κ3) is 3.03. The first-order chi connectivity index (χ1) is 9.54. The number of aromatic nitrogens is 2. The molecule has 1 N–H and O–H groups in total. The summed E-state index contributed by atoms with van der Waals surface area (Å²) in [6, 6.07) is 7.96. The molecule has 1 heterocycles. The van der Waals surface area contributed by atoms with Crippen LogP contribution < -0.4 is 5.32 Å². The molecule has 1 amide bonds. The second-order valence-corrected chi connectivity index (χ2v) is 5.98. The number of carbonyl (C=O) groups is 1. The summed E-state index contributed by atoms with van der Waals surface area (Å²) in [5.41, 5.74) is 2.63. The fourth-order valence-corrected chi connectivity index (χ4v) is 2.83. The standard InChI is InChI=1S/C15H18IN3O/c1-4-10(2)11-7-5-6-8-13(11)18-15(20)14-12(16)9-17-19(14)3/h5-10H,4H2,1-3H3,(H,18,20)/t10-/m0/s1. The normalized spacial score (nSPS) is 12.2. The van der Waals surface area contributed by atoms with Crippen LogP contribution >= 0.6 is 22.6 Å². The van der Waals surface area contributed by atoms with E-state index in [2.05, 4.69) is 52.9 Å². The summed E-state index contributed by atoms with van der Waals surface area (Å²) in [5.74, 6) is 0.294. The number of anilines is 1. The van der Waals surface area contributed by atoms with Crippen LogP contribution in [0.25, 0.3) is 0 Å². The second kappa shape index (κ2) is 6.39. The number of carbonyl (C=O) groups excluding carboxylic acids is 1. The van der Waals surface area contributed by atoms with Crippen molar-refractivity contribution in [3.63, 3.8) is 0 Å². The lowest BCUT2D eigenvalue weighted by Crippen LogP contribution is -2.18. The molecule has 1 aromatic heterocycles. The molecule has 0 saturated heterocycles. The van der Waals surface area contributed by atoms with Crippen molar-refractivity contribution in [3.8, 4) is 0 Å². The molecule has 1 aromatic carbocycles. The van der Waals surface area contributed by atoms with E-state index in [1.165, 1.54) is 5.56 Å². The van der Waals surface area contributed by atoms with Gasteiger partial charge < -0.3 is 5.32 Å². The number of amides is 1. The molecule has 1 atom stereocenters. The van der Waals surface area contributed by atoms with Crippen molar-refractivity contribution in [2.24, 2.45) is 7.05 Å². The molecule has 0 aliphatic carbocycles. The highest BCUT2D eigenvalue weighted by Gasteiger charge is 2.17. The molecule has 0 fully saturated rings. The van der Waals surface area contributed by atoms with Gasteiger partial charge in [0.15, 0.2) is 0 Å².